The van der Waals surface area contributed by atoms with Crippen LogP contribution in [0.5, 0.6) is 5.75 Å². The van der Waals surface area contributed by atoms with Crippen LogP contribution < -0.4 is 16.0 Å². The Balaban J connectivity index is 2.09. The van der Waals surface area contributed by atoms with Gasteiger partial charge in [-0.25, -0.2) is 5.84 Å². The van der Waals surface area contributed by atoms with Crippen LogP contribution in [-0.2, 0) is 6.61 Å². The number of amides is 1. The number of nitrogens with two attached hydrogens (primary N) is 1. The molecule has 0 aliphatic carbocycles. The number of hydrogen-bond donors (Lipinski definition) is 2. The standard InChI is InChI=1S/C12H9Cl3N2O3/c13-7-2-9(14)11(10(15)3-7)20-5-8-1-6(4-19-8)12(18)17-16/h1-4H,5,16H2,(H,17,18). The van der Waals surface area contributed by atoms with E-state index in [-0.39, 0.29) is 16.7 Å². The molecule has 0 bridgehead atoms. The zero-order chi connectivity index (χ0) is 14.7. The summed E-state index contributed by atoms with van der Waals surface area (Å²) < 4.78 is 10.6. The van der Waals surface area contributed by atoms with Crippen molar-refractivity contribution in [2.45, 2.75) is 6.61 Å². The summed E-state index contributed by atoms with van der Waals surface area (Å²) in [7, 11) is 0. The third-order valence-electron chi connectivity index (χ3n) is 2.37. The second-order valence-corrected chi connectivity index (χ2v) is 5.01. The summed E-state index contributed by atoms with van der Waals surface area (Å²) in [5.41, 5.74) is 2.29. The van der Waals surface area contributed by atoms with Crippen LogP contribution in [0.4, 0.5) is 0 Å². The van der Waals surface area contributed by atoms with Crippen molar-refractivity contribution in [3.8, 4) is 5.75 Å². The molecular formula is C12H9Cl3N2O3. The Morgan fingerprint density at radius 3 is 2.50 bits per heavy atom. The van der Waals surface area contributed by atoms with Crippen molar-refractivity contribution in [2.75, 3.05) is 0 Å². The Bertz CT molecular complexity index is 620. The van der Waals surface area contributed by atoms with E-state index in [1.165, 1.54) is 24.5 Å². The Kier molecular flexibility index (Phi) is 4.77. The average Bonchev–Trinajstić information content (AvgIpc) is 2.85. The van der Waals surface area contributed by atoms with E-state index in [1.54, 1.807) is 0 Å². The van der Waals surface area contributed by atoms with E-state index in [9.17, 15) is 4.79 Å². The van der Waals surface area contributed by atoms with Gasteiger partial charge in [0.15, 0.2) is 5.75 Å². The van der Waals surface area contributed by atoms with Crippen LogP contribution in [0, 0.1) is 0 Å². The number of benzene rings is 1. The maximum atomic E-state index is 11.3. The summed E-state index contributed by atoms with van der Waals surface area (Å²) >= 11 is 17.7. The van der Waals surface area contributed by atoms with Crippen LogP contribution in [0.3, 0.4) is 0 Å². The molecule has 8 heteroatoms. The topological polar surface area (TPSA) is 77.5 Å². The molecule has 1 aromatic heterocycles. The van der Waals surface area contributed by atoms with E-state index in [2.05, 4.69) is 0 Å². The largest absolute Gasteiger partial charge is 0.483 e. The fourth-order valence-electron chi connectivity index (χ4n) is 1.47. The van der Waals surface area contributed by atoms with E-state index < -0.39 is 5.91 Å². The molecule has 2 aromatic rings. The number of carbonyl (C=O) groups is 1. The summed E-state index contributed by atoms with van der Waals surface area (Å²) in [5, 5.41) is 0.982. The van der Waals surface area contributed by atoms with E-state index in [4.69, 9.17) is 49.8 Å². The number of rotatable bonds is 4. The second-order valence-electron chi connectivity index (χ2n) is 3.76. The van der Waals surface area contributed by atoms with Gasteiger partial charge in [0.1, 0.15) is 18.6 Å². The first-order valence-electron chi connectivity index (χ1n) is 5.37. The van der Waals surface area contributed by atoms with Gasteiger partial charge in [0.2, 0.25) is 0 Å². The van der Waals surface area contributed by atoms with Crippen molar-refractivity contribution in [3.63, 3.8) is 0 Å². The van der Waals surface area contributed by atoms with Gasteiger partial charge in [-0.2, -0.15) is 0 Å². The fourth-order valence-corrected chi connectivity index (χ4v) is 2.39. The Labute approximate surface area is 129 Å². The Morgan fingerprint density at radius 1 is 1.25 bits per heavy atom. The number of nitrogen functional groups attached to an aromatic ring is 1. The zero-order valence-electron chi connectivity index (χ0n) is 9.95. The fraction of sp³-hybridized carbons (Fsp3) is 0.0833. The van der Waals surface area contributed by atoms with E-state index in [1.807, 2.05) is 5.43 Å². The van der Waals surface area contributed by atoms with Crippen molar-refractivity contribution in [1.82, 2.24) is 5.43 Å². The van der Waals surface area contributed by atoms with Crippen molar-refractivity contribution in [1.29, 1.82) is 0 Å². The molecule has 106 valence electrons. The Hall–Kier alpha value is -1.40. The highest BCUT2D eigenvalue weighted by molar-refractivity contribution is 6.40. The minimum Gasteiger partial charge on any atom is -0.483 e. The lowest BCUT2D eigenvalue weighted by molar-refractivity contribution is 0.0953. The molecule has 1 aromatic carbocycles. The van der Waals surface area contributed by atoms with Gasteiger partial charge in [0, 0.05) is 5.02 Å². The summed E-state index contributed by atoms with van der Waals surface area (Å²) in [6, 6.07) is 4.53. The summed E-state index contributed by atoms with van der Waals surface area (Å²) in [6.07, 6.45) is 1.27. The molecule has 0 spiro atoms. The number of ether oxygens (including phenoxy) is 1. The van der Waals surface area contributed by atoms with Crippen LogP contribution in [0.2, 0.25) is 15.1 Å². The number of hydrogen-bond acceptors (Lipinski definition) is 4. The lowest BCUT2D eigenvalue weighted by Gasteiger charge is -2.08. The quantitative estimate of drug-likeness (QED) is 0.510. The minimum absolute atomic E-state index is 0.0545. The third kappa shape index (κ3) is 3.37. The summed E-state index contributed by atoms with van der Waals surface area (Å²) in [6.45, 7) is 0.0545. The van der Waals surface area contributed by atoms with Gasteiger partial charge < -0.3 is 9.15 Å². The lowest BCUT2D eigenvalue weighted by Crippen LogP contribution is -2.29. The van der Waals surface area contributed by atoms with Crippen molar-refractivity contribution in [3.05, 3.63) is 50.9 Å². The van der Waals surface area contributed by atoms with Gasteiger partial charge in [-0.3, -0.25) is 10.2 Å². The van der Waals surface area contributed by atoms with Crippen LogP contribution in [0.25, 0.3) is 0 Å². The molecule has 0 radical (unpaired) electrons. The van der Waals surface area contributed by atoms with E-state index in [0.717, 1.165) is 0 Å². The molecule has 5 nitrogen and oxygen atoms in total. The summed E-state index contributed by atoms with van der Waals surface area (Å²) in [5.74, 6) is 5.27. The number of nitrogens with one attached hydrogen (secondary N) is 1. The molecule has 0 unspecified atom stereocenters. The van der Waals surface area contributed by atoms with Gasteiger partial charge in [-0.05, 0) is 18.2 Å². The SMILES string of the molecule is NNC(=O)c1coc(COc2c(Cl)cc(Cl)cc2Cl)c1. The predicted octanol–water partition coefficient (Wildman–Crippen LogP) is 3.42. The van der Waals surface area contributed by atoms with Crippen LogP contribution >= 0.6 is 34.8 Å². The second kappa shape index (κ2) is 6.37. The maximum Gasteiger partial charge on any atom is 0.268 e. The molecule has 0 aliphatic heterocycles. The number of furan rings is 1. The van der Waals surface area contributed by atoms with Crippen molar-refractivity contribution in [2.24, 2.45) is 5.84 Å². The van der Waals surface area contributed by atoms with E-state index in [0.29, 0.717) is 22.1 Å². The van der Waals surface area contributed by atoms with Crippen LogP contribution in [0.15, 0.2) is 28.9 Å². The molecule has 0 fully saturated rings. The molecule has 1 heterocycles. The number of halogens is 3. The monoisotopic (exact) mass is 334 g/mol. The van der Waals surface area contributed by atoms with Gasteiger partial charge in [0.25, 0.3) is 5.91 Å². The molecule has 20 heavy (non-hydrogen) atoms. The molecule has 0 saturated heterocycles. The highest BCUT2D eigenvalue weighted by Crippen LogP contribution is 2.36. The average molecular weight is 336 g/mol. The van der Waals surface area contributed by atoms with E-state index >= 15 is 0 Å². The molecule has 1 amide bonds. The molecule has 3 N–H and O–H groups in total. The molecule has 2 rings (SSSR count). The first kappa shape index (κ1) is 15.0. The molecule has 0 aliphatic rings. The first-order valence-corrected chi connectivity index (χ1v) is 6.50. The maximum absolute atomic E-state index is 11.3. The van der Waals surface area contributed by atoms with Crippen molar-refractivity contribution >= 4 is 40.7 Å². The van der Waals surface area contributed by atoms with Gasteiger partial charge in [0.05, 0.1) is 15.6 Å². The van der Waals surface area contributed by atoms with Crippen molar-refractivity contribution < 1.29 is 13.9 Å². The zero-order valence-corrected chi connectivity index (χ0v) is 12.2. The third-order valence-corrected chi connectivity index (χ3v) is 3.15. The normalized spacial score (nSPS) is 10.4. The molecule has 0 saturated carbocycles. The highest BCUT2D eigenvalue weighted by atomic mass is 35.5. The molecule has 0 atom stereocenters. The lowest BCUT2D eigenvalue weighted by atomic mass is 10.3. The minimum atomic E-state index is -0.456. The first-order chi connectivity index (χ1) is 9.51. The van der Waals surface area contributed by atoms with Gasteiger partial charge >= 0.3 is 0 Å². The van der Waals surface area contributed by atoms with Crippen LogP contribution in [0.1, 0.15) is 16.1 Å². The smallest absolute Gasteiger partial charge is 0.268 e. The predicted molar refractivity (Wildman–Crippen MR) is 76.2 cm³/mol. The van der Waals surface area contributed by atoms with Gasteiger partial charge in [-0.1, -0.05) is 34.8 Å². The summed E-state index contributed by atoms with van der Waals surface area (Å²) in [4.78, 5) is 11.3. The molecular weight excluding hydrogens is 327 g/mol. The van der Waals surface area contributed by atoms with Crippen LogP contribution in [-0.4, -0.2) is 5.91 Å². The Morgan fingerprint density at radius 2 is 1.90 bits per heavy atom. The number of carbonyl (C=O) groups excluding carboxylic acids is 1. The number of hydrazine groups is 1. The highest BCUT2D eigenvalue weighted by Gasteiger charge is 2.12. The van der Waals surface area contributed by atoms with Gasteiger partial charge in [-0.15, -0.1) is 0 Å².